The van der Waals surface area contributed by atoms with Crippen molar-refractivity contribution in [3.8, 4) is 11.8 Å². The number of likely N-dealkylation sites (N-methyl/N-ethyl adjacent to an activating group) is 1. The quantitative estimate of drug-likeness (QED) is 0.829. The van der Waals surface area contributed by atoms with E-state index in [9.17, 15) is 13.2 Å². The first-order valence-electron chi connectivity index (χ1n) is 5.86. The molecule has 1 aromatic rings. The van der Waals surface area contributed by atoms with Gasteiger partial charge in [0.15, 0.2) is 0 Å². The zero-order valence-electron chi connectivity index (χ0n) is 10.4. The van der Waals surface area contributed by atoms with Crippen molar-refractivity contribution in [1.29, 1.82) is 5.26 Å². The van der Waals surface area contributed by atoms with Crippen molar-refractivity contribution >= 4 is 0 Å². The molecule has 0 bridgehead atoms. The molecule has 0 aromatic heterocycles. The number of hydrogen-bond acceptors (Lipinski definition) is 3. The molecule has 0 radical (unpaired) electrons. The lowest BCUT2D eigenvalue weighted by molar-refractivity contribution is -0.137. The van der Waals surface area contributed by atoms with Crippen LogP contribution in [-0.2, 0) is 6.18 Å². The van der Waals surface area contributed by atoms with Crippen molar-refractivity contribution in [1.82, 2.24) is 4.90 Å². The molecule has 0 N–H and O–H groups in total. The summed E-state index contributed by atoms with van der Waals surface area (Å²) in [6.07, 6.45) is -3.71. The molecule has 2 rings (SSSR count). The van der Waals surface area contributed by atoms with Gasteiger partial charge in [-0.3, -0.25) is 0 Å². The molecule has 0 saturated carbocycles. The van der Waals surface area contributed by atoms with E-state index in [2.05, 4.69) is 4.90 Å². The predicted octanol–water partition coefficient (Wildman–Crippen LogP) is 2.66. The number of halogens is 3. The molecule has 0 spiro atoms. The Hall–Kier alpha value is -1.74. The smallest absolute Gasteiger partial charge is 0.416 e. The number of rotatable bonds is 2. The van der Waals surface area contributed by atoms with Crippen LogP contribution in [0.1, 0.15) is 17.5 Å². The van der Waals surface area contributed by atoms with Crippen LogP contribution in [-0.4, -0.2) is 31.1 Å². The second kappa shape index (κ2) is 5.10. The molecule has 6 heteroatoms. The van der Waals surface area contributed by atoms with Crippen LogP contribution in [0.2, 0.25) is 0 Å². The van der Waals surface area contributed by atoms with E-state index in [0.29, 0.717) is 6.54 Å². The zero-order chi connectivity index (χ0) is 14.0. The van der Waals surface area contributed by atoms with Crippen LogP contribution >= 0.6 is 0 Å². The van der Waals surface area contributed by atoms with Crippen LogP contribution in [0.25, 0.3) is 0 Å². The second-order valence-electron chi connectivity index (χ2n) is 4.61. The monoisotopic (exact) mass is 270 g/mol. The highest BCUT2D eigenvalue weighted by Gasteiger charge is 2.31. The van der Waals surface area contributed by atoms with Crippen LogP contribution in [0.4, 0.5) is 13.2 Å². The molecular weight excluding hydrogens is 257 g/mol. The van der Waals surface area contributed by atoms with Gasteiger partial charge in [-0.15, -0.1) is 0 Å². The molecule has 1 saturated heterocycles. The van der Waals surface area contributed by atoms with E-state index in [4.69, 9.17) is 10.00 Å². The molecule has 1 aliphatic rings. The number of ether oxygens (including phenoxy) is 1. The first kappa shape index (κ1) is 13.7. The summed E-state index contributed by atoms with van der Waals surface area (Å²) >= 11 is 0. The third-order valence-corrected chi connectivity index (χ3v) is 3.07. The minimum absolute atomic E-state index is 0.0752. The van der Waals surface area contributed by atoms with E-state index in [1.54, 1.807) is 6.07 Å². The molecule has 1 fully saturated rings. The van der Waals surface area contributed by atoms with Gasteiger partial charge >= 0.3 is 6.18 Å². The molecule has 3 nitrogen and oxygen atoms in total. The Balaban J connectivity index is 2.20. The van der Waals surface area contributed by atoms with Crippen molar-refractivity contribution in [2.45, 2.75) is 18.7 Å². The normalized spacial score (nSPS) is 20.3. The largest absolute Gasteiger partial charge is 0.488 e. The molecule has 1 atom stereocenters. The first-order chi connectivity index (χ1) is 8.90. The summed E-state index contributed by atoms with van der Waals surface area (Å²) in [4.78, 5) is 2.07. The van der Waals surface area contributed by atoms with Crippen LogP contribution < -0.4 is 4.74 Å². The fourth-order valence-electron chi connectivity index (χ4n) is 2.07. The second-order valence-corrected chi connectivity index (χ2v) is 4.61. The molecule has 0 aliphatic carbocycles. The van der Waals surface area contributed by atoms with E-state index >= 15 is 0 Å². The van der Waals surface area contributed by atoms with Crippen molar-refractivity contribution in [3.63, 3.8) is 0 Å². The lowest BCUT2D eigenvalue weighted by Crippen LogP contribution is -2.21. The fourth-order valence-corrected chi connectivity index (χ4v) is 2.07. The van der Waals surface area contributed by atoms with E-state index in [1.807, 2.05) is 7.05 Å². The van der Waals surface area contributed by atoms with Crippen molar-refractivity contribution in [2.24, 2.45) is 0 Å². The summed E-state index contributed by atoms with van der Waals surface area (Å²) in [5.41, 5.74) is -0.913. The number of benzene rings is 1. The van der Waals surface area contributed by atoms with Gasteiger partial charge in [-0.05, 0) is 31.7 Å². The van der Waals surface area contributed by atoms with Gasteiger partial charge in [0.1, 0.15) is 17.9 Å². The van der Waals surface area contributed by atoms with Gasteiger partial charge in [0.25, 0.3) is 0 Å². The molecule has 1 aliphatic heterocycles. The molecule has 1 unspecified atom stereocenters. The van der Waals surface area contributed by atoms with Gasteiger partial charge < -0.3 is 9.64 Å². The Morgan fingerprint density at radius 2 is 2.16 bits per heavy atom. The minimum Gasteiger partial charge on any atom is -0.488 e. The summed E-state index contributed by atoms with van der Waals surface area (Å²) < 4.78 is 43.2. The van der Waals surface area contributed by atoms with Gasteiger partial charge in [-0.1, -0.05) is 0 Å². The fraction of sp³-hybridized carbons (Fsp3) is 0.462. The topological polar surface area (TPSA) is 36.3 Å². The van der Waals surface area contributed by atoms with Crippen molar-refractivity contribution in [2.75, 3.05) is 20.1 Å². The van der Waals surface area contributed by atoms with Gasteiger partial charge in [-0.2, -0.15) is 18.4 Å². The molecule has 0 amide bonds. The molecule has 19 heavy (non-hydrogen) atoms. The average molecular weight is 270 g/mol. The van der Waals surface area contributed by atoms with Crippen molar-refractivity contribution < 1.29 is 17.9 Å². The Morgan fingerprint density at radius 3 is 2.68 bits per heavy atom. The average Bonchev–Trinajstić information content (AvgIpc) is 2.74. The summed E-state index contributed by atoms with van der Waals surface area (Å²) in [6.45, 7) is 1.60. The minimum atomic E-state index is -4.45. The number of likely N-dealkylation sites (tertiary alicyclic amines) is 1. The van der Waals surface area contributed by atoms with Gasteiger partial charge in [-0.25, -0.2) is 0 Å². The van der Waals surface area contributed by atoms with E-state index in [-0.39, 0.29) is 17.4 Å². The van der Waals surface area contributed by atoms with Crippen molar-refractivity contribution in [3.05, 3.63) is 29.3 Å². The standard InChI is InChI=1S/C13H13F3N2O/c1-18-5-4-11(8-18)19-12-3-2-10(13(14,15)16)6-9(12)7-17/h2-3,6,11H,4-5,8H2,1H3. The lowest BCUT2D eigenvalue weighted by atomic mass is 10.1. The van der Waals surface area contributed by atoms with E-state index in [1.165, 1.54) is 6.07 Å². The van der Waals surface area contributed by atoms with Gasteiger partial charge in [0.2, 0.25) is 0 Å². The van der Waals surface area contributed by atoms with Crippen LogP contribution in [0.15, 0.2) is 18.2 Å². The van der Waals surface area contributed by atoms with E-state index in [0.717, 1.165) is 25.1 Å². The maximum atomic E-state index is 12.5. The first-order valence-corrected chi connectivity index (χ1v) is 5.86. The summed E-state index contributed by atoms with van der Waals surface area (Å²) in [6, 6.07) is 4.74. The predicted molar refractivity (Wildman–Crippen MR) is 62.7 cm³/mol. The molecular formula is C13H13F3N2O. The molecule has 1 aromatic carbocycles. The highest BCUT2D eigenvalue weighted by atomic mass is 19.4. The van der Waals surface area contributed by atoms with Gasteiger partial charge in [0.05, 0.1) is 11.1 Å². The van der Waals surface area contributed by atoms with Crippen LogP contribution in [0.3, 0.4) is 0 Å². The number of nitrogens with zero attached hydrogens (tertiary/aromatic N) is 2. The summed E-state index contributed by atoms with van der Waals surface area (Å²) in [7, 11) is 1.95. The van der Waals surface area contributed by atoms with Gasteiger partial charge in [0, 0.05) is 13.1 Å². The number of nitriles is 1. The number of alkyl halides is 3. The van der Waals surface area contributed by atoms with E-state index < -0.39 is 11.7 Å². The van der Waals surface area contributed by atoms with Crippen LogP contribution in [0.5, 0.6) is 5.75 Å². The third-order valence-electron chi connectivity index (χ3n) is 3.07. The molecule has 102 valence electrons. The lowest BCUT2D eigenvalue weighted by Gasteiger charge is -2.16. The zero-order valence-corrected chi connectivity index (χ0v) is 10.4. The molecule has 1 heterocycles. The maximum Gasteiger partial charge on any atom is 0.416 e. The highest BCUT2D eigenvalue weighted by Crippen LogP contribution is 2.33. The maximum absolute atomic E-state index is 12.5. The highest BCUT2D eigenvalue weighted by molar-refractivity contribution is 5.46. The Kier molecular flexibility index (Phi) is 3.67. The Morgan fingerprint density at radius 1 is 1.42 bits per heavy atom. The number of hydrogen-bond donors (Lipinski definition) is 0. The summed E-state index contributed by atoms with van der Waals surface area (Å²) in [5, 5.41) is 8.93. The third kappa shape index (κ3) is 3.18. The van der Waals surface area contributed by atoms with Crippen LogP contribution in [0, 0.1) is 11.3 Å². The SMILES string of the molecule is CN1CCC(Oc2ccc(C(F)(F)F)cc2C#N)C1. The summed E-state index contributed by atoms with van der Waals surface area (Å²) in [5.74, 6) is 0.218. The Bertz CT molecular complexity index is 508. The Labute approximate surface area is 109 Å².